The molecule has 8 nitrogen and oxygen atoms in total. The summed E-state index contributed by atoms with van der Waals surface area (Å²) in [6.07, 6.45) is -1.56. The van der Waals surface area contributed by atoms with E-state index in [9.17, 15) is 14.4 Å². The smallest absolute Gasteiger partial charge is 0.413 e. The molecule has 1 aromatic carbocycles. The Bertz CT molecular complexity index is 578. The van der Waals surface area contributed by atoms with Gasteiger partial charge in [0.15, 0.2) is 6.10 Å². The first-order valence-electron chi connectivity index (χ1n) is 7.19. The number of imide groups is 1. The summed E-state index contributed by atoms with van der Waals surface area (Å²) in [6, 6.07) is 5.29. The molecule has 0 aromatic heterocycles. The predicted octanol–water partition coefficient (Wildman–Crippen LogP) is 1.45. The van der Waals surface area contributed by atoms with Crippen LogP contribution in [0, 0.1) is 0 Å². The van der Waals surface area contributed by atoms with Crippen molar-refractivity contribution in [2.75, 3.05) is 21.3 Å². The van der Waals surface area contributed by atoms with E-state index in [1.165, 1.54) is 21.1 Å². The lowest BCUT2D eigenvalue weighted by molar-refractivity contribution is -0.154. The van der Waals surface area contributed by atoms with Gasteiger partial charge >= 0.3 is 12.1 Å². The maximum absolute atomic E-state index is 11.8. The summed E-state index contributed by atoms with van der Waals surface area (Å²) in [6.45, 7) is 1.37. The van der Waals surface area contributed by atoms with Crippen molar-refractivity contribution in [3.05, 3.63) is 23.8 Å². The molecule has 1 atom stereocenters. The maximum atomic E-state index is 11.8. The van der Waals surface area contributed by atoms with Crippen molar-refractivity contribution in [2.45, 2.75) is 25.9 Å². The van der Waals surface area contributed by atoms with Crippen LogP contribution < -0.4 is 14.8 Å². The Kier molecular flexibility index (Phi) is 7.54. The van der Waals surface area contributed by atoms with Crippen molar-refractivity contribution >= 4 is 18.0 Å². The number of carbonyl (C=O) groups is 3. The first kappa shape index (κ1) is 19.3. The number of esters is 1. The standard InChI is InChI=1S/C16H21NO7/c1-10(15(19)17-16(20)23-4)24-14(18)6-5-11-7-12(21-2)9-13(8-11)22-3/h7-10H,5-6H2,1-4H3,(H,17,19,20)/t10-/m0/s1. The lowest BCUT2D eigenvalue weighted by Gasteiger charge is -2.12. The molecule has 2 amide bonds. The summed E-state index contributed by atoms with van der Waals surface area (Å²) in [7, 11) is 4.20. The molecule has 1 rings (SSSR count). The second-order valence-electron chi connectivity index (χ2n) is 4.83. The molecule has 132 valence electrons. The minimum Gasteiger partial charge on any atom is -0.497 e. The van der Waals surface area contributed by atoms with Gasteiger partial charge in [-0.15, -0.1) is 0 Å². The lowest BCUT2D eigenvalue weighted by atomic mass is 10.1. The normalized spacial score (nSPS) is 11.2. The number of ether oxygens (including phenoxy) is 4. The molecule has 24 heavy (non-hydrogen) atoms. The molecule has 1 aromatic rings. The number of alkyl carbamates (subject to hydrolysis) is 1. The number of aryl methyl sites for hydroxylation is 1. The second kappa shape index (κ2) is 9.39. The van der Waals surface area contributed by atoms with E-state index in [1.807, 2.05) is 5.32 Å². The van der Waals surface area contributed by atoms with Crippen LogP contribution in [0.1, 0.15) is 18.9 Å². The monoisotopic (exact) mass is 339 g/mol. The summed E-state index contributed by atoms with van der Waals surface area (Å²) in [5, 5.41) is 1.93. The van der Waals surface area contributed by atoms with Crippen LogP contribution in [0.25, 0.3) is 0 Å². The van der Waals surface area contributed by atoms with E-state index < -0.39 is 24.1 Å². The molecule has 0 aliphatic carbocycles. The van der Waals surface area contributed by atoms with E-state index in [0.717, 1.165) is 12.7 Å². The summed E-state index contributed by atoms with van der Waals surface area (Å²) < 4.78 is 19.6. The van der Waals surface area contributed by atoms with E-state index in [0.29, 0.717) is 17.9 Å². The minimum atomic E-state index is -1.10. The summed E-state index contributed by atoms with van der Waals surface area (Å²) in [5.41, 5.74) is 0.829. The zero-order valence-corrected chi connectivity index (χ0v) is 14.1. The Hall–Kier alpha value is -2.77. The summed E-state index contributed by atoms with van der Waals surface area (Å²) in [4.78, 5) is 34.3. The molecular weight excluding hydrogens is 318 g/mol. The molecule has 0 saturated heterocycles. The van der Waals surface area contributed by atoms with Crippen LogP contribution in [-0.4, -0.2) is 45.4 Å². The van der Waals surface area contributed by atoms with Gasteiger partial charge in [0.05, 0.1) is 21.3 Å². The van der Waals surface area contributed by atoms with Gasteiger partial charge in [0, 0.05) is 12.5 Å². The van der Waals surface area contributed by atoms with Crippen LogP contribution in [0.5, 0.6) is 11.5 Å². The van der Waals surface area contributed by atoms with Gasteiger partial charge in [-0.05, 0) is 31.0 Å². The molecule has 0 spiro atoms. The Morgan fingerprint density at radius 3 is 2.12 bits per heavy atom. The van der Waals surface area contributed by atoms with Gasteiger partial charge in [-0.1, -0.05) is 0 Å². The molecule has 0 bridgehead atoms. The molecule has 0 unspecified atom stereocenters. The number of hydrogen-bond donors (Lipinski definition) is 1. The number of nitrogens with one attached hydrogen (secondary N) is 1. The van der Waals surface area contributed by atoms with Crippen LogP contribution >= 0.6 is 0 Å². The van der Waals surface area contributed by atoms with Crippen molar-refractivity contribution in [2.24, 2.45) is 0 Å². The van der Waals surface area contributed by atoms with Gasteiger partial charge < -0.3 is 18.9 Å². The molecule has 0 heterocycles. The average molecular weight is 339 g/mol. The van der Waals surface area contributed by atoms with Gasteiger partial charge in [0.1, 0.15) is 11.5 Å². The average Bonchev–Trinajstić information content (AvgIpc) is 2.59. The number of rotatable bonds is 7. The first-order chi connectivity index (χ1) is 11.4. The number of benzene rings is 1. The zero-order chi connectivity index (χ0) is 18.1. The van der Waals surface area contributed by atoms with E-state index in [1.54, 1.807) is 18.2 Å². The lowest BCUT2D eigenvalue weighted by Crippen LogP contribution is -2.39. The molecule has 0 fully saturated rings. The fourth-order valence-electron chi connectivity index (χ4n) is 1.82. The van der Waals surface area contributed by atoms with Crippen molar-refractivity contribution in [1.82, 2.24) is 5.32 Å². The SMILES string of the molecule is COC(=O)NC(=O)[C@H](C)OC(=O)CCc1cc(OC)cc(OC)c1. The largest absolute Gasteiger partial charge is 0.497 e. The van der Waals surface area contributed by atoms with E-state index >= 15 is 0 Å². The van der Waals surface area contributed by atoms with Gasteiger partial charge in [-0.3, -0.25) is 14.9 Å². The Morgan fingerprint density at radius 2 is 1.62 bits per heavy atom. The van der Waals surface area contributed by atoms with Gasteiger partial charge in [0.2, 0.25) is 0 Å². The number of amides is 2. The Balaban J connectivity index is 2.54. The number of carbonyl (C=O) groups excluding carboxylic acids is 3. The third-order valence-electron chi connectivity index (χ3n) is 3.12. The quantitative estimate of drug-likeness (QED) is 0.750. The molecule has 0 saturated carbocycles. The molecule has 1 N–H and O–H groups in total. The topological polar surface area (TPSA) is 100 Å². The van der Waals surface area contributed by atoms with Gasteiger partial charge in [-0.25, -0.2) is 4.79 Å². The van der Waals surface area contributed by atoms with Crippen LogP contribution in [0.4, 0.5) is 4.79 Å². The van der Waals surface area contributed by atoms with E-state index in [2.05, 4.69) is 4.74 Å². The Labute approximate surface area is 140 Å². The second-order valence-corrected chi connectivity index (χ2v) is 4.83. The number of methoxy groups -OCH3 is 3. The van der Waals surface area contributed by atoms with Crippen LogP contribution in [-0.2, 0) is 25.5 Å². The molecule has 0 aliphatic rings. The van der Waals surface area contributed by atoms with Crippen molar-refractivity contribution < 1.29 is 33.3 Å². The third kappa shape index (κ3) is 6.15. The highest BCUT2D eigenvalue weighted by atomic mass is 16.6. The maximum Gasteiger partial charge on any atom is 0.413 e. The van der Waals surface area contributed by atoms with E-state index in [-0.39, 0.29) is 6.42 Å². The van der Waals surface area contributed by atoms with Crippen LogP contribution in [0.2, 0.25) is 0 Å². The molecule has 8 heteroatoms. The first-order valence-corrected chi connectivity index (χ1v) is 7.19. The third-order valence-corrected chi connectivity index (χ3v) is 3.12. The zero-order valence-electron chi connectivity index (χ0n) is 14.1. The van der Waals surface area contributed by atoms with Gasteiger partial charge in [-0.2, -0.15) is 0 Å². The fraction of sp³-hybridized carbons (Fsp3) is 0.438. The van der Waals surface area contributed by atoms with Gasteiger partial charge in [0.25, 0.3) is 5.91 Å². The molecule has 0 radical (unpaired) electrons. The number of hydrogen-bond acceptors (Lipinski definition) is 7. The van der Waals surface area contributed by atoms with Crippen molar-refractivity contribution in [1.29, 1.82) is 0 Å². The van der Waals surface area contributed by atoms with Crippen LogP contribution in [0.3, 0.4) is 0 Å². The highest BCUT2D eigenvalue weighted by molar-refractivity contribution is 5.94. The van der Waals surface area contributed by atoms with Crippen LogP contribution in [0.15, 0.2) is 18.2 Å². The highest BCUT2D eigenvalue weighted by Crippen LogP contribution is 2.23. The van der Waals surface area contributed by atoms with Crippen molar-refractivity contribution in [3.63, 3.8) is 0 Å². The molecular formula is C16H21NO7. The predicted molar refractivity (Wildman–Crippen MR) is 84.0 cm³/mol. The summed E-state index contributed by atoms with van der Waals surface area (Å²) in [5.74, 6) is -0.0883. The van der Waals surface area contributed by atoms with E-state index in [4.69, 9.17) is 14.2 Å². The van der Waals surface area contributed by atoms with Crippen molar-refractivity contribution in [3.8, 4) is 11.5 Å². The highest BCUT2D eigenvalue weighted by Gasteiger charge is 2.20. The Morgan fingerprint density at radius 1 is 1.04 bits per heavy atom. The molecule has 0 aliphatic heterocycles. The summed E-state index contributed by atoms with van der Waals surface area (Å²) >= 11 is 0. The minimum absolute atomic E-state index is 0.0617. The fourth-order valence-corrected chi connectivity index (χ4v) is 1.82.